The highest BCUT2D eigenvalue weighted by molar-refractivity contribution is 6.03. The van der Waals surface area contributed by atoms with Crippen LogP contribution in [0.25, 0.3) is 43.7 Å². The van der Waals surface area contributed by atoms with Crippen molar-refractivity contribution in [1.29, 1.82) is 0 Å². The summed E-state index contributed by atoms with van der Waals surface area (Å²) < 4.78 is 39.1. The Bertz CT molecular complexity index is 2400. The lowest BCUT2D eigenvalue weighted by Crippen LogP contribution is -2.28. The van der Waals surface area contributed by atoms with Gasteiger partial charge in [0.15, 0.2) is 0 Å². The van der Waals surface area contributed by atoms with Gasteiger partial charge in [-0.2, -0.15) is 13.2 Å². The smallest absolute Gasteiger partial charge is 0.373 e. The zero-order chi connectivity index (χ0) is 41.0. The summed E-state index contributed by atoms with van der Waals surface area (Å²) in [6, 6.07) is 44.6. The molecule has 0 aliphatic heterocycles. The molecule has 0 fully saturated rings. The first-order chi connectivity index (χ1) is 27.3. The van der Waals surface area contributed by atoms with Crippen LogP contribution in [0.5, 0.6) is 0 Å². The Morgan fingerprint density at radius 2 is 1.21 bits per heavy atom. The number of anilines is 1. The molecule has 0 radical (unpaired) electrons. The second-order valence-corrected chi connectivity index (χ2v) is 14.5. The molecule has 7 aromatic rings. The van der Waals surface area contributed by atoms with Crippen molar-refractivity contribution in [3.63, 3.8) is 0 Å². The van der Waals surface area contributed by atoms with E-state index in [4.69, 9.17) is 4.98 Å². The summed E-state index contributed by atoms with van der Waals surface area (Å²) in [5.41, 5.74) is 5.01. The molecule has 57 heavy (non-hydrogen) atoms. The third kappa shape index (κ3) is 11.9. The molecule has 0 amide bonds. The van der Waals surface area contributed by atoms with E-state index < -0.39 is 11.7 Å². The summed E-state index contributed by atoms with van der Waals surface area (Å²) in [4.78, 5) is 15.8. The Hall–Kier alpha value is -5.61. The van der Waals surface area contributed by atoms with E-state index in [1.54, 1.807) is 13.0 Å². The third-order valence-electron chi connectivity index (χ3n) is 9.51. The molecule has 7 rings (SSSR count). The van der Waals surface area contributed by atoms with Gasteiger partial charge in [-0.05, 0) is 106 Å². The predicted octanol–water partition coefficient (Wildman–Crippen LogP) is 10.8. The normalized spacial score (nSPS) is 11.8. The molecule has 296 valence electrons. The molecule has 6 nitrogen and oxygen atoms in total. The average Bonchev–Trinajstić information content (AvgIpc) is 3.21. The summed E-state index contributed by atoms with van der Waals surface area (Å²) >= 11 is 0. The summed E-state index contributed by atoms with van der Waals surface area (Å²) in [6.45, 7) is 5.90. The van der Waals surface area contributed by atoms with E-state index in [-0.39, 0.29) is 5.69 Å². The minimum absolute atomic E-state index is 0.0642. The molecule has 1 aromatic heterocycles. The lowest BCUT2D eigenvalue weighted by atomic mass is 10.0. The summed E-state index contributed by atoms with van der Waals surface area (Å²) in [6.07, 6.45) is -4.41. The first-order valence-corrected chi connectivity index (χ1v) is 19.1. The molecule has 0 aliphatic rings. The fourth-order valence-corrected chi connectivity index (χ4v) is 6.25. The van der Waals surface area contributed by atoms with Crippen molar-refractivity contribution < 1.29 is 13.2 Å². The van der Waals surface area contributed by atoms with Gasteiger partial charge < -0.3 is 20.0 Å². The molecular formula is C48H53F3N6. The van der Waals surface area contributed by atoms with E-state index in [9.17, 15) is 13.2 Å². The average molecular weight is 771 g/mol. The number of hydrogen-bond acceptors (Lipinski definition) is 6. The monoisotopic (exact) mass is 770 g/mol. The fraction of sp³-hybridized carbons (Fsp3) is 0.250. The highest BCUT2D eigenvalue weighted by Gasteiger charge is 2.33. The molecule has 0 atom stereocenters. The highest BCUT2D eigenvalue weighted by atomic mass is 19.4. The van der Waals surface area contributed by atoms with Gasteiger partial charge >= 0.3 is 6.18 Å². The highest BCUT2D eigenvalue weighted by Crippen LogP contribution is 2.36. The first-order valence-electron chi connectivity index (χ1n) is 19.1. The number of aromatic nitrogens is 1. The fourth-order valence-electron chi connectivity index (χ4n) is 6.25. The van der Waals surface area contributed by atoms with Gasteiger partial charge in [0.2, 0.25) is 0 Å². The number of para-hydroxylation sites is 2. The number of rotatable bonds is 10. The number of nitrogens with one attached hydrogen (secondary N) is 1. The van der Waals surface area contributed by atoms with Gasteiger partial charge in [-0.15, -0.1) is 0 Å². The van der Waals surface area contributed by atoms with Crippen molar-refractivity contribution in [2.45, 2.75) is 13.1 Å². The summed E-state index contributed by atoms with van der Waals surface area (Å²) in [5, 5.41) is 8.87. The number of likely N-dealkylation sites (N-methyl/N-ethyl adjacent to an activating group) is 4. The maximum atomic E-state index is 13.0. The van der Waals surface area contributed by atoms with Crippen molar-refractivity contribution >= 4 is 49.5 Å². The van der Waals surface area contributed by atoms with E-state index >= 15 is 0 Å². The summed E-state index contributed by atoms with van der Waals surface area (Å²) in [7, 11) is 12.5. The molecule has 0 spiro atoms. The van der Waals surface area contributed by atoms with Gasteiger partial charge in [0, 0.05) is 55.6 Å². The quantitative estimate of drug-likeness (QED) is 0.140. The third-order valence-corrected chi connectivity index (χ3v) is 9.51. The number of fused-ring (bicyclic) bond motifs is 3. The second kappa shape index (κ2) is 20.0. The van der Waals surface area contributed by atoms with Crippen molar-refractivity contribution in [2.24, 2.45) is 4.99 Å². The number of hydrogen-bond donors (Lipinski definition) is 1. The van der Waals surface area contributed by atoms with E-state index in [0.717, 1.165) is 65.4 Å². The molecule has 0 bridgehead atoms. The Labute approximate surface area is 335 Å². The molecular weight excluding hydrogens is 718 g/mol. The molecule has 0 aliphatic carbocycles. The van der Waals surface area contributed by atoms with Crippen LogP contribution in [-0.4, -0.2) is 89.0 Å². The van der Waals surface area contributed by atoms with E-state index in [2.05, 4.69) is 133 Å². The van der Waals surface area contributed by atoms with Crippen LogP contribution < -0.4 is 10.2 Å². The van der Waals surface area contributed by atoms with Gasteiger partial charge in [-0.1, -0.05) is 103 Å². The number of nitrogens with zero attached hydrogens (tertiary/aromatic N) is 5. The predicted molar refractivity (Wildman–Crippen MR) is 236 cm³/mol. The SMILES string of the molecule is CC(=Nc1ccccc1C(F)(F)F)c1ccc2ccccc2c1.CN(C)CCN(C)c1cc(-c2ccc3ccccc3c2)nc2ccccc12.CNCCN(C)C. The largest absolute Gasteiger partial charge is 0.418 e. The van der Waals surface area contributed by atoms with Gasteiger partial charge in [-0.25, -0.2) is 4.98 Å². The number of aliphatic imine (C=N–C) groups is 1. The lowest BCUT2D eigenvalue weighted by molar-refractivity contribution is -0.137. The minimum atomic E-state index is -4.41. The topological polar surface area (TPSA) is 47.0 Å². The molecule has 0 saturated carbocycles. The van der Waals surface area contributed by atoms with E-state index in [1.807, 2.05) is 49.5 Å². The maximum Gasteiger partial charge on any atom is 0.418 e. The second-order valence-electron chi connectivity index (χ2n) is 14.5. The molecule has 0 unspecified atom stereocenters. The first kappa shape index (κ1) is 42.5. The standard InChI is InChI=1S/C24H25N3.C19H14F3N.C5H14N2/c1-26(2)14-15-27(3)24-17-23(25-22-11-7-6-10-21(22)24)20-13-12-18-8-4-5-9-19(18)16-20;1-13(15-11-10-14-6-2-3-7-16(14)12-15)23-18-9-5-4-8-17(18)19(20,21)22;1-6-4-5-7(2)3/h4-13,16-17H,14-15H2,1-3H3;2-12H,1H3;6H,4-5H2,1-3H3. The number of benzene rings is 6. The lowest BCUT2D eigenvalue weighted by Gasteiger charge is -2.23. The van der Waals surface area contributed by atoms with Crippen molar-refractivity contribution in [2.75, 3.05) is 73.4 Å². The number of alkyl halides is 3. The molecule has 6 aromatic carbocycles. The van der Waals surface area contributed by atoms with Crippen LogP contribution in [0.3, 0.4) is 0 Å². The Balaban J connectivity index is 0.000000189. The molecule has 1 N–H and O–H groups in total. The van der Waals surface area contributed by atoms with Crippen LogP contribution in [0.15, 0.2) is 145 Å². The van der Waals surface area contributed by atoms with Crippen LogP contribution in [-0.2, 0) is 6.18 Å². The van der Waals surface area contributed by atoms with Crippen LogP contribution in [0.1, 0.15) is 18.1 Å². The van der Waals surface area contributed by atoms with Crippen LogP contribution in [0, 0.1) is 0 Å². The van der Waals surface area contributed by atoms with Crippen molar-refractivity contribution in [3.05, 3.63) is 151 Å². The molecule has 1 heterocycles. The van der Waals surface area contributed by atoms with E-state index in [0.29, 0.717) is 5.71 Å². The van der Waals surface area contributed by atoms with Crippen molar-refractivity contribution in [1.82, 2.24) is 20.1 Å². The zero-order valence-corrected chi connectivity index (χ0v) is 34.0. The van der Waals surface area contributed by atoms with Gasteiger partial charge in [0.05, 0.1) is 22.5 Å². The van der Waals surface area contributed by atoms with Gasteiger partial charge in [-0.3, -0.25) is 4.99 Å². The van der Waals surface area contributed by atoms with Gasteiger partial charge in [0.1, 0.15) is 0 Å². The Kier molecular flexibility index (Phi) is 14.9. The molecule has 0 saturated heterocycles. The van der Waals surface area contributed by atoms with Crippen LogP contribution >= 0.6 is 0 Å². The zero-order valence-electron chi connectivity index (χ0n) is 34.0. The maximum absolute atomic E-state index is 13.0. The van der Waals surface area contributed by atoms with Crippen LogP contribution in [0.2, 0.25) is 0 Å². The Morgan fingerprint density at radius 1 is 0.632 bits per heavy atom. The number of halogens is 3. The molecule has 9 heteroatoms. The van der Waals surface area contributed by atoms with E-state index in [1.165, 1.54) is 34.0 Å². The van der Waals surface area contributed by atoms with Crippen LogP contribution in [0.4, 0.5) is 24.5 Å². The Morgan fingerprint density at radius 3 is 1.84 bits per heavy atom. The minimum Gasteiger partial charge on any atom is -0.373 e. The van der Waals surface area contributed by atoms with Crippen molar-refractivity contribution in [3.8, 4) is 11.3 Å². The van der Waals surface area contributed by atoms with Gasteiger partial charge in [0.25, 0.3) is 0 Å². The number of pyridine rings is 1. The summed E-state index contributed by atoms with van der Waals surface area (Å²) in [5.74, 6) is 0.